The van der Waals surface area contributed by atoms with Crippen molar-refractivity contribution in [3.05, 3.63) is 60.2 Å². The molecule has 2 aromatic carbocycles. The predicted molar refractivity (Wildman–Crippen MR) is 93.9 cm³/mol. The number of hydrogen-bond acceptors (Lipinski definition) is 3. The number of amides is 2. The summed E-state index contributed by atoms with van der Waals surface area (Å²) in [5, 5.41) is 2.93. The molecular weight excluding hydrogens is 304 g/mol. The minimum absolute atomic E-state index is 0.0335. The summed E-state index contributed by atoms with van der Waals surface area (Å²) < 4.78 is 5.20. The molecule has 0 aliphatic rings. The fraction of sp³-hybridized carbons (Fsp3) is 0.263. The van der Waals surface area contributed by atoms with Crippen molar-refractivity contribution in [1.29, 1.82) is 0 Å². The third-order valence-electron chi connectivity index (χ3n) is 3.60. The van der Waals surface area contributed by atoms with E-state index in [1.165, 1.54) is 0 Å². The van der Waals surface area contributed by atoms with Crippen LogP contribution in [-0.4, -0.2) is 18.4 Å². The Kier molecular flexibility index (Phi) is 6.37. The van der Waals surface area contributed by atoms with E-state index in [0.717, 1.165) is 18.4 Å². The largest absolute Gasteiger partial charge is 0.484 e. The molecule has 0 saturated carbocycles. The topological polar surface area (TPSA) is 81.4 Å². The van der Waals surface area contributed by atoms with Crippen LogP contribution in [0.25, 0.3) is 0 Å². The first kappa shape index (κ1) is 17.5. The molecule has 0 saturated heterocycles. The Morgan fingerprint density at radius 2 is 1.75 bits per heavy atom. The Labute approximate surface area is 141 Å². The zero-order valence-electron chi connectivity index (χ0n) is 13.7. The van der Waals surface area contributed by atoms with Crippen LogP contribution in [0.15, 0.2) is 54.6 Å². The van der Waals surface area contributed by atoms with Gasteiger partial charge in [-0.15, -0.1) is 0 Å². The van der Waals surface area contributed by atoms with Crippen LogP contribution >= 0.6 is 0 Å². The van der Waals surface area contributed by atoms with Gasteiger partial charge in [0.2, 0.25) is 5.91 Å². The highest BCUT2D eigenvalue weighted by molar-refractivity contribution is 5.95. The van der Waals surface area contributed by atoms with Crippen molar-refractivity contribution in [2.75, 3.05) is 11.9 Å². The normalized spacial score (nSPS) is 11.5. The third kappa shape index (κ3) is 5.12. The second kappa shape index (κ2) is 8.72. The first-order valence-electron chi connectivity index (χ1n) is 7.97. The molecule has 3 N–H and O–H groups in total. The average Bonchev–Trinajstić information content (AvgIpc) is 2.59. The second-order valence-electron chi connectivity index (χ2n) is 5.52. The van der Waals surface area contributed by atoms with Gasteiger partial charge in [0, 0.05) is 5.69 Å². The van der Waals surface area contributed by atoms with E-state index in [9.17, 15) is 9.59 Å². The molecule has 0 radical (unpaired) electrons. The van der Waals surface area contributed by atoms with Gasteiger partial charge in [-0.3, -0.25) is 9.59 Å². The van der Waals surface area contributed by atoms with Gasteiger partial charge in [0.1, 0.15) is 5.75 Å². The maximum absolute atomic E-state index is 12.6. The van der Waals surface area contributed by atoms with Crippen LogP contribution in [0.5, 0.6) is 5.75 Å². The Bertz CT molecular complexity index is 669. The zero-order chi connectivity index (χ0) is 17.4. The molecule has 0 aromatic heterocycles. The quantitative estimate of drug-likeness (QED) is 0.782. The molecule has 1 atom stereocenters. The SMILES string of the molecule is CCCC(C(=O)Nc1ccc(OCC(N)=O)cc1)c1ccccc1. The van der Waals surface area contributed by atoms with Gasteiger partial charge in [-0.25, -0.2) is 0 Å². The van der Waals surface area contributed by atoms with Crippen molar-refractivity contribution < 1.29 is 14.3 Å². The lowest BCUT2D eigenvalue weighted by molar-refractivity contribution is -0.120. The standard InChI is InChI=1S/C19H22N2O3/c1-2-6-17(14-7-4-3-5-8-14)19(23)21-15-9-11-16(12-10-15)24-13-18(20)22/h3-5,7-12,17H,2,6,13H2,1H3,(H2,20,22)(H,21,23). The Hall–Kier alpha value is -2.82. The molecule has 2 aromatic rings. The Morgan fingerprint density at radius 3 is 2.33 bits per heavy atom. The zero-order valence-corrected chi connectivity index (χ0v) is 13.7. The van der Waals surface area contributed by atoms with E-state index < -0.39 is 5.91 Å². The minimum atomic E-state index is -0.530. The number of ether oxygens (including phenoxy) is 1. The summed E-state index contributed by atoms with van der Waals surface area (Å²) in [7, 11) is 0. The molecule has 0 bridgehead atoms. The van der Waals surface area contributed by atoms with Crippen LogP contribution in [0, 0.1) is 0 Å². The molecular formula is C19H22N2O3. The molecule has 5 nitrogen and oxygen atoms in total. The van der Waals surface area contributed by atoms with Gasteiger partial charge in [-0.05, 0) is 36.2 Å². The van der Waals surface area contributed by atoms with Gasteiger partial charge < -0.3 is 15.8 Å². The highest BCUT2D eigenvalue weighted by Crippen LogP contribution is 2.24. The highest BCUT2D eigenvalue weighted by Gasteiger charge is 2.19. The fourth-order valence-corrected chi connectivity index (χ4v) is 2.44. The van der Waals surface area contributed by atoms with Crippen LogP contribution in [0.2, 0.25) is 0 Å². The molecule has 0 aliphatic heterocycles. The van der Waals surface area contributed by atoms with Gasteiger partial charge in [-0.1, -0.05) is 43.7 Å². The van der Waals surface area contributed by atoms with E-state index in [0.29, 0.717) is 11.4 Å². The molecule has 24 heavy (non-hydrogen) atoms. The lowest BCUT2D eigenvalue weighted by Crippen LogP contribution is -2.21. The van der Waals surface area contributed by atoms with Gasteiger partial charge >= 0.3 is 0 Å². The third-order valence-corrected chi connectivity index (χ3v) is 3.60. The van der Waals surface area contributed by atoms with Crippen molar-refractivity contribution in [2.24, 2.45) is 5.73 Å². The number of primary amides is 1. The number of anilines is 1. The van der Waals surface area contributed by atoms with Crippen LogP contribution in [0.3, 0.4) is 0 Å². The molecule has 2 rings (SSSR count). The molecule has 2 amide bonds. The lowest BCUT2D eigenvalue weighted by Gasteiger charge is -2.16. The van der Waals surface area contributed by atoms with Crippen molar-refractivity contribution in [3.8, 4) is 5.75 Å². The monoisotopic (exact) mass is 326 g/mol. The van der Waals surface area contributed by atoms with Crippen LogP contribution in [0.4, 0.5) is 5.69 Å². The number of nitrogens with two attached hydrogens (primary N) is 1. The van der Waals surface area contributed by atoms with E-state index >= 15 is 0 Å². The summed E-state index contributed by atoms with van der Waals surface area (Å²) in [5.74, 6) is -0.214. The lowest BCUT2D eigenvalue weighted by atomic mass is 9.93. The number of hydrogen-bond donors (Lipinski definition) is 2. The predicted octanol–water partition coefficient (Wildman–Crippen LogP) is 3.07. The average molecular weight is 326 g/mol. The summed E-state index contributed by atoms with van der Waals surface area (Å²) in [4.78, 5) is 23.3. The molecule has 126 valence electrons. The summed E-state index contributed by atoms with van der Waals surface area (Å²) in [6.45, 7) is 1.90. The van der Waals surface area contributed by atoms with Crippen LogP contribution in [-0.2, 0) is 9.59 Å². The minimum Gasteiger partial charge on any atom is -0.484 e. The molecule has 0 aliphatic carbocycles. The second-order valence-corrected chi connectivity index (χ2v) is 5.52. The van der Waals surface area contributed by atoms with Crippen LogP contribution in [0.1, 0.15) is 31.2 Å². The van der Waals surface area contributed by atoms with Crippen molar-refractivity contribution in [1.82, 2.24) is 0 Å². The van der Waals surface area contributed by atoms with Gasteiger partial charge in [-0.2, -0.15) is 0 Å². The van der Waals surface area contributed by atoms with E-state index in [-0.39, 0.29) is 18.4 Å². The molecule has 0 spiro atoms. The fourth-order valence-electron chi connectivity index (χ4n) is 2.44. The van der Waals surface area contributed by atoms with Gasteiger partial charge in [0.25, 0.3) is 5.91 Å². The number of carbonyl (C=O) groups excluding carboxylic acids is 2. The molecule has 0 heterocycles. The number of carbonyl (C=O) groups is 2. The van der Waals surface area contributed by atoms with E-state index in [2.05, 4.69) is 12.2 Å². The van der Waals surface area contributed by atoms with E-state index in [1.54, 1.807) is 24.3 Å². The van der Waals surface area contributed by atoms with Crippen molar-refractivity contribution in [3.63, 3.8) is 0 Å². The molecule has 5 heteroatoms. The first-order chi connectivity index (χ1) is 11.6. The molecule has 0 fully saturated rings. The first-order valence-corrected chi connectivity index (χ1v) is 7.97. The van der Waals surface area contributed by atoms with Gasteiger partial charge in [0.15, 0.2) is 6.61 Å². The smallest absolute Gasteiger partial charge is 0.255 e. The summed E-state index contributed by atoms with van der Waals surface area (Å²) in [6, 6.07) is 16.6. The number of benzene rings is 2. The molecule has 1 unspecified atom stereocenters. The number of rotatable bonds is 8. The van der Waals surface area contributed by atoms with Crippen molar-refractivity contribution in [2.45, 2.75) is 25.7 Å². The summed E-state index contributed by atoms with van der Waals surface area (Å²) >= 11 is 0. The summed E-state index contributed by atoms with van der Waals surface area (Å²) in [5.41, 5.74) is 6.73. The Balaban J connectivity index is 2.02. The van der Waals surface area contributed by atoms with E-state index in [4.69, 9.17) is 10.5 Å². The number of nitrogens with one attached hydrogen (secondary N) is 1. The van der Waals surface area contributed by atoms with E-state index in [1.807, 2.05) is 30.3 Å². The van der Waals surface area contributed by atoms with Crippen molar-refractivity contribution >= 4 is 17.5 Å². The van der Waals surface area contributed by atoms with Gasteiger partial charge in [0.05, 0.1) is 5.92 Å². The highest BCUT2D eigenvalue weighted by atomic mass is 16.5. The maximum Gasteiger partial charge on any atom is 0.255 e. The Morgan fingerprint density at radius 1 is 1.08 bits per heavy atom. The van der Waals surface area contributed by atoms with Crippen LogP contribution < -0.4 is 15.8 Å². The maximum atomic E-state index is 12.6. The summed E-state index contributed by atoms with van der Waals surface area (Å²) in [6.07, 6.45) is 1.71.